The first kappa shape index (κ1) is 14.4. The molecular formula is C16H17ClOS. The van der Waals surface area contributed by atoms with Gasteiger partial charge in [0, 0.05) is 15.7 Å². The molecule has 0 saturated carbocycles. The highest BCUT2D eigenvalue weighted by Crippen LogP contribution is 2.28. The second-order valence-corrected chi connectivity index (χ2v) is 6.10. The number of aryl methyl sites for hydroxylation is 1. The van der Waals surface area contributed by atoms with Gasteiger partial charge in [0.15, 0.2) is 0 Å². The summed E-state index contributed by atoms with van der Waals surface area (Å²) in [6.45, 7) is 4.12. The smallest absolute Gasteiger partial charge is 0.0886 e. The lowest BCUT2D eigenvalue weighted by atomic mass is 10.0. The molecule has 2 aromatic rings. The van der Waals surface area contributed by atoms with E-state index >= 15 is 0 Å². The Morgan fingerprint density at radius 1 is 1.11 bits per heavy atom. The number of halogens is 1. The highest BCUT2D eigenvalue weighted by Gasteiger charge is 2.11. The van der Waals surface area contributed by atoms with E-state index in [1.54, 1.807) is 11.8 Å². The van der Waals surface area contributed by atoms with Crippen molar-refractivity contribution in [3.05, 3.63) is 64.2 Å². The summed E-state index contributed by atoms with van der Waals surface area (Å²) >= 11 is 7.49. The van der Waals surface area contributed by atoms with Gasteiger partial charge in [-0.2, -0.15) is 0 Å². The Balaban J connectivity index is 2.03. The Bertz CT molecular complexity index is 551. The van der Waals surface area contributed by atoms with Gasteiger partial charge < -0.3 is 5.11 Å². The number of hydrogen-bond acceptors (Lipinski definition) is 2. The van der Waals surface area contributed by atoms with E-state index in [1.807, 2.05) is 36.4 Å². The molecule has 0 amide bonds. The summed E-state index contributed by atoms with van der Waals surface area (Å²) in [6.07, 6.45) is -0.444. The van der Waals surface area contributed by atoms with E-state index in [9.17, 15) is 5.11 Å². The lowest BCUT2D eigenvalue weighted by molar-refractivity contribution is 0.203. The molecule has 0 heterocycles. The van der Waals surface area contributed by atoms with Gasteiger partial charge in [-0.1, -0.05) is 29.8 Å². The summed E-state index contributed by atoms with van der Waals surface area (Å²) in [6, 6.07) is 13.7. The number of benzene rings is 2. The molecule has 1 atom stereocenters. The van der Waals surface area contributed by atoms with Crippen LogP contribution in [0.3, 0.4) is 0 Å². The van der Waals surface area contributed by atoms with Gasteiger partial charge in [-0.05, 0) is 54.8 Å². The van der Waals surface area contributed by atoms with Crippen LogP contribution >= 0.6 is 23.4 Å². The van der Waals surface area contributed by atoms with Crippen LogP contribution in [-0.4, -0.2) is 10.9 Å². The molecule has 0 radical (unpaired) electrons. The molecule has 0 saturated heterocycles. The Hall–Kier alpha value is -0.960. The second kappa shape index (κ2) is 6.47. The van der Waals surface area contributed by atoms with Gasteiger partial charge in [0.1, 0.15) is 0 Å². The van der Waals surface area contributed by atoms with Crippen LogP contribution in [0.15, 0.2) is 47.4 Å². The molecule has 0 fully saturated rings. The summed E-state index contributed by atoms with van der Waals surface area (Å²) in [7, 11) is 0. The van der Waals surface area contributed by atoms with Crippen LogP contribution in [0.25, 0.3) is 0 Å². The second-order valence-electron chi connectivity index (χ2n) is 4.57. The average Bonchev–Trinajstić information content (AvgIpc) is 2.41. The molecular weight excluding hydrogens is 276 g/mol. The third-order valence-corrected chi connectivity index (χ3v) is 4.57. The van der Waals surface area contributed by atoms with Crippen molar-refractivity contribution in [2.75, 3.05) is 5.75 Å². The van der Waals surface area contributed by atoms with Gasteiger partial charge in [-0.25, -0.2) is 0 Å². The highest BCUT2D eigenvalue weighted by molar-refractivity contribution is 7.99. The van der Waals surface area contributed by atoms with Crippen molar-refractivity contribution in [3.8, 4) is 0 Å². The first-order chi connectivity index (χ1) is 9.08. The van der Waals surface area contributed by atoms with Crippen LogP contribution in [0, 0.1) is 13.8 Å². The van der Waals surface area contributed by atoms with E-state index in [0.29, 0.717) is 5.75 Å². The molecule has 0 aromatic heterocycles. The summed E-state index contributed by atoms with van der Waals surface area (Å²) in [4.78, 5) is 1.12. The first-order valence-corrected chi connectivity index (χ1v) is 7.57. The zero-order valence-electron chi connectivity index (χ0n) is 11.1. The summed E-state index contributed by atoms with van der Waals surface area (Å²) in [5.74, 6) is 0.645. The van der Waals surface area contributed by atoms with Crippen LogP contribution in [0.4, 0.5) is 0 Å². The molecule has 0 bridgehead atoms. The fraction of sp³-hybridized carbons (Fsp3) is 0.250. The molecule has 3 heteroatoms. The van der Waals surface area contributed by atoms with E-state index in [4.69, 9.17) is 11.6 Å². The van der Waals surface area contributed by atoms with Gasteiger partial charge in [0.2, 0.25) is 0 Å². The predicted molar refractivity (Wildman–Crippen MR) is 83.1 cm³/mol. The van der Waals surface area contributed by atoms with Gasteiger partial charge >= 0.3 is 0 Å². The molecule has 2 aromatic carbocycles. The van der Waals surface area contributed by atoms with Crippen molar-refractivity contribution >= 4 is 23.4 Å². The molecule has 19 heavy (non-hydrogen) atoms. The third-order valence-electron chi connectivity index (χ3n) is 3.23. The quantitative estimate of drug-likeness (QED) is 0.818. The van der Waals surface area contributed by atoms with Crippen molar-refractivity contribution in [1.29, 1.82) is 0 Å². The minimum Gasteiger partial charge on any atom is -0.388 e. The summed E-state index contributed by atoms with van der Waals surface area (Å²) in [5, 5.41) is 11.0. The average molecular weight is 293 g/mol. The zero-order chi connectivity index (χ0) is 13.8. The van der Waals surface area contributed by atoms with Crippen LogP contribution in [0.5, 0.6) is 0 Å². The lowest BCUT2D eigenvalue weighted by Crippen LogP contribution is -2.03. The topological polar surface area (TPSA) is 20.2 Å². The van der Waals surface area contributed by atoms with Crippen LogP contribution in [-0.2, 0) is 0 Å². The van der Waals surface area contributed by atoms with E-state index < -0.39 is 6.10 Å². The van der Waals surface area contributed by atoms with Crippen molar-refractivity contribution in [3.63, 3.8) is 0 Å². The SMILES string of the molecule is Cc1cccc(C(O)CSc2ccc(Cl)cc2)c1C. The largest absolute Gasteiger partial charge is 0.388 e. The molecule has 0 aliphatic rings. The van der Waals surface area contributed by atoms with Crippen LogP contribution in [0.2, 0.25) is 5.02 Å². The van der Waals surface area contributed by atoms with Crippen molar-refractivity contribution in [1.82, 2.24) is 0 Å². The van der Waals surface area contributed by atoms with E-state index in [-0.39, 0.29) is 0 Å². The number of aliphatic hydroxyl groups is 1. The molecule has 0 aliphatic heterocycles. The maximum Gasteiger partial charge on any atom is 0.0886 e. The number of rotatable bonds is 4. The summed E-state index contributed by atoms with van der Waals surface area (Å²) in [5.41, 5.74) is 3.40. The maximum absolute atomic E-state index is 10.3. The lowest BCUT2D eigenvalue weighted by Gasteiger charge is -2.15. The Morgan fingerprint density at radius 2 is 1.79 bits per heavy atom. The van der Waals surface area contributed by atoms with Crippen molar-refractivity contribution in [2.24, 2.45) is 0 Å². The molecule has 1 nitrogen and oxygen atoms in total. The van der Waals surface area contributed by atoms with E-state index in [2.05, 4.69) is 19.9 Å². The van der Waals surface area contributed by atoms with Crippen molar-refractivity contribution in [2.45, 2.75) is 24.8 Å². The van der Waals surface area contributed by atoms with E-state index in [1.165, 1.54) is 11.1 Å². The number of aliphatic hydroxyl groups excluding tert-OH is 1. The molecule has 2 rings (SSSR count). The minimum absolute atomic E-state index is 0.444. The Labute approximate surface area is 123 Å². The normalized spacial score (nSPS) is 12.4. The highest BCUT2D eigenvalue weighted by atomic mass is 35.5. The molecule has 0 spiro atoms. The Kier molecular flexibility index (Phi) is 4.92. The standard InChI is InChI=1S/C16H17ClOS/c1-11-4-3-5-15(12(11)2)16(18)10-19-14-8-6-13(17)7-9-14/h3-9,16,18H,10H2,1-2H3. The molecule has 0 aliphatic carbocycles. The zero-order valence-corrected chi connectivity index (χ0v) is 12.6. The van der Waals surface area contributed by atoms with Gasteiger partial charge in [-0.15, -0.1) is 11.8 Å². The molecule has 100 valence electrons. The fourth-order valence-corrected chi connectivity index (χ4v) is 2.91. The summed E-state index contributed by atoms with van der Waals surface area (Å²) < 4.78 is 0. The van der Waals surface area contributed by atoms with Crippen LogP contribution in [0.1, 0.15) is 22.8 Å². The van der Waals surface area contributed by atoms with Crippen LogP contribution < -0.4 is 0 Å². The predicted octanol–water partition coefficient (Wildman–Crippen LogP) is 4.78. The first-order valence-electron chi connectivity index (χ1n) is 6.20. The Morgan fingerprint density at radius 3 is 2.47 bits per heavy atom. The van der Waals surface area contributed by atoms with Gasteiger partial charge in [0.25, 0.3) is 0 Å². The third kappa shape index (κ3) is 3.75. The van der Waals surface area contributed by atoms with E-state index in [0.717, 1.165) is 15.5 Å². The fourth-order valence-electron chi connectivity index (χ4n) is 1.93. The molecule has 1 unspecified atom stereocenters. The number of thioether (sulfide) groups is 1. The van der Waals surface area contributed by atoms with Gasteiger partial charge in [-0.3, -0.25) is 0 Å². The molecule has 1 N–H and O–H groups in total. The van der Waals surface area contributed by atoms with Gasteiger partial charge in [0.05, 0.1) is 6.10 Å². The monoisotopic (exact) mass is 292 g/mol. The van der Waals surface area contributed by atoms with Crippen molar-refractivity contribution < 1.29 is 5.11 Å². The number of hydrogen-bond donors (Lipinski definition) is 1. The minimum atomic E-state index is -0.444. The maximum atomic E-state index is 10.3.